The van der Waals surface area contributed by atoms with Gasteiger partial charge in [0.1, 0.15) is 6.54 Å². The van der Waals surface area contributed by atoms with E-state index < -0.39 is 22.5 Å². The summed E-state index contributed by atoms with van der Waals surface area (Å²) in [5.41, 5.74) is 1.94. The third kappa shape index (κ3) is 6.80. The summed E-state index contributed by atoms with van der Waals surface area (Å²) in [4.78, 5) is 13.6. The number of para-hydroxylation sites is 1. The van der Waals surface area contributed by atoms with Gasteiger partial charge in [-0.25, -0.2) is 8.42 Å². The maximum Gasteiger partial charge on any atom is 0.245 e. The van der Waals surface area contributed by atoms with Crippen LogP contribution in [0, 0.1) is 0 Å². The van der Waals surface area contributed by atoms with Gasteiger partial charge in [0.15, 0.2) is 0 Å². The Morgan fingerprint density at radius 3 is 2.31 bits per heavy atom. The predicted octanol–water partition coefficient (Wildman–Crippen LogP) is 6.34. The number of hydrogen-bond donors (Lipinski definition) is 1. The van der Waals surface area contributed by atoms with E-state index in [4.69, 9.17) is 34.8 Å². The van der Waals surface area contributed by atoms with Crippen molar-refractivity contribution in [3.05, 3.63) is 87.4 Å². The first-order chi connectivity index (χ1) is 15.1. The number of halogens is 3. The molecule has 10 heteroatoms. The Labute approximate surface area is 206 Å². The molecule has 5 nitrogen and oxygen atoms in total. The van der Waals surface area contributed by atoms with Gasteiger partial charge in [0, 0.05) is 15.7 Å². The van der Waals surface area contributed by atoms with Gasteiger partial charge in [-0.1, -0.05) is 59.1 Å². The van der Waals surface area contributed by atoms with E-state index in [1.54, 1.807) is 23.9 Å². The summed E-state index contributed by atoms with van der Waals surface area (Å²) in [7, 11) is -3.74. The molecule has 3 aromatic rings. The Hall–Kier alpha value is -1.90. The van der Waals surface area contributed by atoms with E-state index in [1.165, 1.54) is 18.2 Å². The van der Waals surface area contributed by atoms with E-state index in [0.29, 0.717) is 21.5 Å². The molecule has 0 heterocycles. The molecule has 0 saturated carbocycles. The summed E-state index contributed by atoms with van der Waals surface area (Å²) in [5.74, 6) is 0.198. The lowest BCUT2D eigenvalue weighted by molar-refractivity contribution is -0.114. The highest BCUT2D eigenvalue weighted by atomic mass is 35.5. The number of carbonyl (C=O) groups excluding carboxylic acids is 1. The third-order valence-corrected chi connectivity index (χ3v) is 7.62. The molecule has 1 amide bonds. The maximum atomic E-state index is 12.8. The number of benzene rings is 3. The highest BCUT2D eigenvalue weighted by Crippen LogP contribution is 2.31. The van der Waals surface area contributed by atoms with Crippen molar-refractivity contribution in [3.63, 3.8) is 0 Å². The number of sulfonamides is 1. The van der Waals surface area contributed by atoms with E-state index in [-0.39, 0.29) is 10.7 Å². The first kappa shape index (κ1) is 24.7. The zero-order valence-corrected chi connectivity index (χ0v) is 20.8. The van der Waals surface area contributed by atoms with Gasteiger partial charge < -0.3 is 5.32 Å². The van der Waals surface area contributed by atoms with Crippen molar-refractivity contribution in [2.24, 2.45) is 0 Å². The first-order valence-electron chi connectivity index (χ1n) is 9.32. The fourth-order valence-electron chi connectivity index (χ4n) is 2.80. The first-order valence-corrected chi connectivity index (χ1v) is 13.3. The molecule has 32 heavy (non-hydrogen) atoms. The average Bonchev–Trinajstić information content (AvgIpc) is 2.74. The van der Waals surface area contributed by atoms with E-state index in [1.807, 2.05) is 36.4 Å². The van der Waals surface area contributed by atoms with Crippen molar-refractivity contribution in [1.29, 1.82) is 0 Å². The van der Waals surface area contributed by atoms with Crippen molar-refractivity contribution in [2.45, 2.75) is 10.6 Å². The van der Waals surface area contributed by atoms with Crippen molar-refractivity contribution in [2.75, 3.05) is 22.4 Å². The minimum atomic E-state index is -3.74. The van der Waals surface area contributed by atoms with E-state index in [2.05, 4.69) is 5.32 Å². The smallest absolute Gasteiger partial charge is 0.245 e. The van der Waals surface area contributed by atoms with Gasteiger partial charge in [0.2, 0.25) is 15.9 Å². The van der Waals surface area contributed by atoms with Crippen LogP contribution >= 0.6 is 46.6 Å². The number of nitrogens with zero attached hydrogens (tertiary/aromatic N) is 1. The molecule has 3 rings (SSSR count). The van der Waals surface area contributed by atoms with E-state index in [0.717, 1.165) is 21.0 Å². The average molecular weight is 530 g/mol. The van der Waals surface area contributed by atoms with Gasteiger partial charge in [0.25, 0.3) is 0 Å². The minimum Gasteiger partial charge on any atom is -0.323 e. The summed E-state index contributed by atoms with van der Waals surface area (Å²) in [6.07, 6.45) is 1.03. The fraction of sp³-hybridized carbons (Fsp3) is 0.136. The SMILES string of the molecule is CS(=O)(=O)N(CC(=O)Nc1ccccc1SCc1ccc(Cl)cc1)c1ccc(Cl)c(Cl)c1. The maximum absolute atomic E-state index is 12.8. The summed E-state index contributed by atoms with van der Waals surface area (Å²) in [6.45, 7) is -0.410. The van der Waals surface area contributed by atoms with Crippen molar-refractivity contribution >= 4 is 73.9 Å². The summed E-state index contributed by atoms with van der Waals surface area (Å²) in [5, 5.41) is 3.97. The van der Waals surface area contributed by atoms with Gasteiger partial charge >= 0.3 is 0 Å². The van der Waals surface area contributed by atoms with Crippen LogP contribution in [-0.4, -0.2) is 27.1 Å². The molecular weight excluding hydrogens is 511 g/mol. The molecule has 0 aromatic heterocycles. The number of rotatable bonds is 8. The summed E-state index contributed by atoms with van der Waals surface area (Å²) in [6, 6.07) is 19.3. The van der Waals surface area contributed by atoms with Crippen LogP contribution in [0.15, 0.2) is 71.6 Å². The zero-order chi connectivity index (χ0) is 23.3. The molecule has 1 N–H and O–H groups in total. The fourth-order valence-corrected chi connectivity index (χ4v) is 5.03. The van der Waals surface area contributed by atoms with Crippen molar-refractivity contribution in [3.8, 4) is 0 Å². The Balaban J connectivity index is 1.74. The number of thioether (sulfide) groups is 1. The molecule has 0 saturated heterocycles. The number of amides is 1. The van der Waals surface area contributed by atoms with Crippen LogP contribution in [0.4, 0.5) is 11.4 Å². The molecule has 168 valence electrons. The van der Waals surface area contributed by atoms with E-state index in [9.17, 15) is 13.2 Å². The van der Waals surface area contributed by atoms with Crippen LogP contribution in [0.3, 0.4) is 0 Å². The van der Waals surface area contributed by atoms with Gasteiger partial charge in [-0.2, -0.15) is 0 Å². The van der Waals surface area contributed by atoms with Crippen LogP contribution in [0.5, 0.6) is 0 Å². The van der Waals surface area contributed by atoms with Crippen LogP contribution < -0.4 is 9.62 Å². The number of hydrogen-bond acceptors (Lipinski definition) is 4. The Morgan fingerprint density at radius 1 is 0.969 bits per heavy atom. The van der Waals surface area contributed by atoms with Gasteiger partial charge in [0.05, 0.1) is 27.7 Å². The molecular formula is C22H19Cl3N2O3S2. The summed E-state index contributed by atoms with van der Waals surface area (Å²) >= 11 is 19.4. The lowest BCUT2D eigenvalue weighted by atomic mass is 10.2. The molecule has 0 radical (unpaired) electrons. The Morgan fingerprint density at radius 2 is 1.66 bits per heavy atom. The zero-order valence-electron chi connectivity index (χ0n) is 16.9. The lowest BCUT2D eigenvalue weighted by Gasteiger charge is -2.22. The number of carbonyl (C=O) groups is 1. The molecule has 0 unspecified atom stereocenters. The van der Waals surface area contributed by atoms with Crippen LogP contribution in [0.2, 0.25) is 15.1 Å². The lowest BCUT2D eigenvalue weighted by Crippen LogP contribution is -2.37. The topological polar surface area (TPSA) is 66.5 Å². The quantitative estimate of drug-likeness (QED) is 0.346. The highest BCUT2D eigenvalue weighted by Gasteiger charge is 2.22. The molecule has 0 spiro atoms. The predicted molar refractivity (Wildman–Crippen MR) is 135 cm³/mol. The largest absolute Gasteiger partial charge is 0.323 e. The second-order valence-corrected chi connectivity index (χ2v) is 11.0. The van der Waals surface area contributed by atoms with Crippen molar-refractivity contribution in [1.82, 2.24) is 0 Å². The molecule has 0 aliphatic heterocycles. The van der Waals surface area contributed by atoms with E-state index >= 15 is 0 Å². The minimum absolute atomic E-state index is 0.196. The number of nitrogens with one attached hydrogen (secondary N) is 1. The molecule has 3 aromatic carbocycles. The molecule has 0 aliphatic rings. The normalized spacial score (nSPS) is 11.2. The second-order valence-electron chi connectivity index (χ2n) is 6.83. The molecule has 0 atom stereocenters. The third-order valence-electron chi connectivity index (χ3n) is 4.35. The van der Waals surface area contributed by atoms with Crippen LogP contribution in [0.1, 0.15) is 5.56 Å². The standard InChI is InChI=1S/C22H19Cl3N2O3S2/c1-32(29,30)27(17-10-11-18(24)19(25)12-17)13-22(28)26-20-4-2-3-5-21(20)31-14-15-6-8-16(23)9-7-15/h2-12H,13-14H2,1H3,(H,26,28). The van der Waals surface area contributed by atoms with Crippen LogP contribution in [0.25, 0.3) is 0 Å². The monoisotopic (exact) mass is 528 g/mol. The highest BCUT2D eigenvalue weighted by molar-refractivity contribution is 7.98. The van der Waals surface area contributed by atoms with Gasteiger partial charge in [-0.05, 0) is 48.0 Å². The molecule has 0 aliphatic carbocycles. The Bertz CT molecular complexity index is 1220. The number of anilines is 2. The van der Waals surface area contributed by atoms with Crippen molar-refractivity contribution < 1.29 is 13.2 Å². The van der Waals surface area contributed by atoms with Gasteiger partial charge in [-0.3, -0.25) is 9.10 Å². The molecule has 0 bridgehead atoms. The second kappa shape index (κ2) is 10.8. The van der Waals surface area contributed by atoms with Gasteiger partial charge in [-0.15, -0.1) is 11.8 Å². The Kier molecular flexibility index (Phi) is 8.36. The molecule has 0 fully saturated rings. The van der Waals surface area contributed by atoms with Crippen LogP contribution in [-0.2, 0) is 20.6 Å². The summed E-state index contributed by atoms with van der Waals surface area (Å²) < 4.78 is 25.6.